The van der Waals surface area contributed by atoms with Crippen molar-refractivity contribution in [3.63, 3.8) is 0 Å². The van der Waals surface area contributed by atoms with Crippen LogP contribution in [-0.4, -0.2) is 32.0 Å². The third-order valence-electron chi connectivity index (χ3n) is 6.49. The van der Waals surface area contributed by atoms with Gasteiger partial charge < -0.3 is 5.32 Å². The van der Waals surface area contributed by atoms with Crippen LogP contribution in [0, 0.1) is 23.2 Å². The van der Waals surface area contributed by atoms with E-state index in [1.807, 2.05) is 6.92 Å². The Morgan fingerprint density at radius 2 is 1.53 bits per heavy atom. The lowest BCUT2D eigenvalue weighted by Crippen LogP contribution is -2.62. The molecule has 0 aromatic heterocycles. The van der Waals surface area contributed by atoms with Crippen LogP contribution in [0.25, 0.3) is 0 Å². The average molecular weight is 283 g/mol. The van der Waals surface area contributed by atoms with E-state index in [0.717, 1.165) is 17.8 Å². The normalized spacial score (nSPS) is 55.3. The second-order valence-electron chi connectivity index (χ2n) is 7.88. The van der Waals surface area contributed by atoms with E-state index in [-0.39, 0.29) is 11.3 Å². The van der Waals surface area contributed by atoms with E-state index in [1.165, 1.54) is 38.5 Å². The fraction of sp³-hybridized carbons (Fsp3) is 1.00. The molecular formula is C15H25NO2S. The molecule has 2 atom stereocenters. The minimum Gasteiger partial charge on any atom is -0.311 e. The van der Waals surface area contributed by atoms with Crippen molar-refractivity contribution in [2.45, 2.75) is 56.7 Å². The maximum absolute atomic E-state index is 12.2. The molecule has 108 valence electrons. The SMILES string of the molecule is CC1CNC(C23CC4CC(CC(C4)C2)C3)CS1(=O)=O. The number of rotatable bonds is 1. The topological polar surface area (TPSA) is 46.2 Å². The van der Waals surface area contributed by atoms with Gasteiger partial charge in [0.05, 0.1) is 11.0 Å². The molecule has 4 bridgehead atoms. The lowest BCUT2D eigenvalue weighted by Gasteiger charge is -2.60. The molecule has 3 nitrogen and oxygen atoms in total. The van der Waals surface area contributed by atoms with E-state index in [4.69, 9.17) is 0 Å². The molecule has 4 aliphatic carbocycles. The Labute approximate surface area is 116 Å². The number of hydrogen-bond acceptors (Lipinski definition) is 3. The van der Waals surface area contributed by atoms with Crippen LogP contribution in [0.1, 0.15) is 45.4 Å². The Bertz CT molecular complexity index is 449. The van der Waals surface area contributed by atoms with Gasteiger partial charge in [0, 0.05) is 12.6 Å². The lowest BCUT2D eigenvalue weighted by molar-refractivity contribution is -0.0703. The first kappa shape index (κ1) is 12.6. The highest BCUT2D eigenvalue weighted by Crippen LogP contribution is 2.61. The van der Waals surface area contributed by atoms with Crippen LogP contribution >= 0.6 is 0 Å². The van der Waals surface area contributed by atoms with Crippen LogP contribution in [0.3, 0.4) is 0 Å². The number of sulfone groups is 1. The van der Waals surface area contributed by atoms with Crippen molar-refractivity contribution in [1.82, 2.24) is 5.32 Å². The standard InChI is InChI=1S/C15H25NO2S/c1-10-8-16-14(9-19(10,17)18)15-5-11-2-12(6-15)4-13(3-11)7-15/h10-14,16H,2-9H2,1H3. The first-order chi connectivity index (χ1) is 8.97. The third kappa shape index (κ3) is 1.90. The Hall–Kier alpha value is -0.0900. The summed E-state index contributed by atoms with van der Waals surface area (Å²) in [5.74, 6) is 3.08. The Balaban J connectivity index is 1.62. The van der Waals surface area contributed by atoms with Crippen LogP contribution in [0.15, 0.2) is 0 Å². The van der Waals surface area contributed by atoms with Crippen molar-refractivity contribution in [1.29, 1.82) is 0 Å². The van der Waals surface area contributed by atoms with Crippen LogP contribution in [0.2, 0.25) is 0 Å². The minimum atomic E-state index is -2.87. The second kappa shape index (κ2) is 3.97. The molecule has 19 heavy (non-hydrogen) atoms. The smallest absolute Gasteiger partial charge is 0.155 e. The van der Waals surface area contributed by atoms with Crippen molar-refractivity contribution in [3.8, 4) is 0 Å². The quantitative estimate of drug-likeness (QED) is 0.800. The molecule has 1 heterocycles. The van der Waals surface area contributed by atoms with Gasteiger partial charge in [-0.3, -0.25) is 0 Å². The fourth-order valence-electron chi connectivity index (χ4n) is 5.89. The molecule has 4 heteroatoms. The van der Waals surface area contributed by atoms with Gasteiger partial charge in [0.2, 0.25) is 0 Å². The van der Waals surface area contributed by atoms with Gasteiger partial charge >= 0.3 is 0 Å². The molecule has 5 rings (SSSR count). The molecule has 2 unspecified atom stereocenters. The molecule has 5 aliphatic rings. The van der Waals surface area contributed by atoms with Gasteiger partial charge in [0.25, 0.3) is 0 Å². The van der Waals surface area contributed by atoms with E-state index in [9.17, 15) is 8.42 Å². The Morgan fingerprint density at radius 3 is 2.00 bits per heavy atom. The zero-order valence-corrected chi connectivity index (χ0v) is 12.6. The van der Waals surface area contributed by atoms with E-state index in [2.05, 4.69) is 5.32 Å². The minimum absolute atomic E-state index is 0.197. The van der Waals surface area contributed by atoms with E-state index >= 15 is 0 Å². The van der Waals surface area contributed by atoms with Gasteiger partial charge in [-0.25, -0.2) is 8.42 Å². The van der Waals surface area contributed by atoms with E-state index < -0.39 is 9.84 Å². The first-order valence-corrected chi connectivity index (χ1v) is 9.63. The molecule has 0 spiro atoms. The van der Waals surface area contributed by atoms with Crippen LogP contribution in [0.5, 0.6) is 0 Å². The maximum atomic E-state index is 12.2. The van der Waals surface area contributed by atoms with E-state index in [0.29, 0.717) is 17.7 Å². The zero-order valence-electron chi connectivity index (χ0n) is 11.8. The fourth-order valence-corrected chi connectivity index (χ4v) is 7.50. The van der Waals surface area contributed by atoms with Gasteiger partial charge in [0.15, 0.2) is 9.84 Å². The predicted octanol–water partition coefficient (Wildman–Crippen LogP) is 1.98. The molecule has 5 fully saturated rings. The molecule has 1 aliphatic heterocycles. The first-order valence-electron chi connectivity index (χ1n) is 7.92. The summed E-state index contributed by atoms with van der Waals surface area (Å²) >= 11 is 0. The molecule has 1 N–H and O–H groups in total. The maximum Gasteiger partial charge on any atom is 0.155 e. The van der Waals surface area contributed by atoms with Crippen LogP contribution < -0.4 is 5.32 Å². The summed E-state index contributed by atoms with van der Waals surface area (Å²) in [4.78, 5) is 0. The van der Waals surface area contributed by atoms with Gasteiger partial charge in [-0.05, 0) is 68.6 Å². The van der Waals surface area contributed by atoms with Crippen molar-refractivity contribution in [2.75, 3.05) is 12.3 Å². The Morgan fingerprint density at radius 1 is 1.00 bits per heavy atom. The van der Waals surface area contributed by atoms with Crippen LogP contribution in [-0.2, 0) is 9.84 Å². The largest absolute Gasteiger partial charge is 0.311 e. The number of nitrogens with one attached hydrogen (secondary N) is 1. The van der Waals surface area contributed by atoms with Crippen molar-refractivity contribution in [2.24, 2.45) is 23.2 Å². The lowest BCUT2D eigenvalue weighted by atomic mass is 9.48. The monoisotopic (exact) mass is 283 g/mol. The summed E-state index contributed by atoms with van der Waals surface area (Å²) < 4.78 is 24.5. The van der Waals surface area contributed by atoms with Crippen molar-refractivity contribution >= 4 is 9.84 Å². The summed E-state index contributed by atoms with van der Waals surface area (Å²) in [7, 11) is -2.87. The highest BCUT2D eigenvalue weighted by atomic mass is 32.2. The summed E-state index contributed by atoms with van der Waals surface area (Å²) in [6.45, 7) is 2.51. The predicted molar refractivity (Wildman–Crippen MR) is 75.6 cm³/mol. The second-order valence-corrected chi connectivity index (χ2v) is 10.3. The average Bonchev–Trinajstić information content (AvgIpc) is 2.30. The summed E-state index contributed by atoms with van der Waals surface area (Å²) in [5, 5.41) is 3.41. The van der Waals surface area contributed by atoms with Gasteiger partial charge in [-0.15, -0.1) is 0 Å². The highest BCUT2D eigenvalue weighted by molar-refractivity contribution is 7.92. The van der Waals surface area contributed by atoms with Crippen molar-refractivity contribution < 1.29 is 8.42 Å². The summed E-state index contributed by atoms with van der Waals surface area (Å²) in [5.41, 5.74) is 0.321. The molecule has 0 amide bonds. The molecule has 1 saturated heterocycles. The van der Waals surface area contributed by atoms with Gasteiger partial charge in [-0.2, -0.15) is 0 Å². The van der Waals surface area contributed by atoms with E-state index in [1.54, 1.807) is 0 Å². The molecule has 0 aromatic carbocycles. The molecular weight excluding hydrogens is 258 g/mol. The Kier molecular flexibility index (Phi) is 2.64. The molecule has 0 radical (unpaired) electrons. The third-order valence-corrected chi connectivity index (χ3v) is 8.68. The van der Waals surface area contributed by atoms with Gasteiger partial charge in [-0.1, -0.05) is 0 Å². The molecule has 4 saturated carbocycles. The van der Waals surface area contributed by atoms with Crippen molar-refractivity contribution in [3.05, 3.63) is 0 Å². The van der Waals surface area contributed by atoms with Crippen LogP contribution in [0.4, 0.5) is 0 Å². The summed E-state index contributed by atoms with van der Waals surface area (Å²) in [6.07, 6.45) is 8.15. The van der Waals surface area contributed by atoms with Gasteiger partial charge in [0.1, 0.15) is 0 Å². The molecule has 0 aromatic rings. The highest BCUT2D eigenvalue weighted by Gasteiger charge is 2.55. The zero-order chi connectivity index (χ0) is 13.3. The number of hydrogen-bond donors (Lipinski definition) is 1. The summed E-state index contributed by atoms with van der Waals surface area (Å²) in [6, 6.07) is 0.238.